The Morgan fingerprint density at radius 2 is 1.67 bits per heavy atom. The summed E-state index contributed by atoms with van der Waals surface area (Å²) in [5.74, 6) is -1.57. The number of ether oxygens (including phenoxy) is 1. The number of aromatic nitrogens is 2. The molecule has 0 fully saturated rings. The summed E-state index contributed by atoms with van der Waals surface area (Å²) in [6.07, 6.45) is 3.15. The number of nitrogens with one attached hydrogen (secondary N) is 2. The molecule has 3 heterocycles. The van der Waals surface area contributed by atoms with E-state index in [-0.39, 0.29) is 39.2 Å². The van der Waals surface area contributed by atoms with Gasteiger partial charge < -0.3 is 24.2 Å². The zero-order valence-electron chi connectivity index (χ0n) is 26.1. The Labute approximate surface area is 263 Å². The van der Waals surface area contributed by atoms with Gasteiger partial charge in [0, 0.05) is 30.4 Å². The van der Waals surface area contributed by atoms with Crippen molar-refractivity contribution in [2.24, 2.45) is 0 Å². The molecule has 1 atom stereocenters. The predicted molar refractivity (Wildman–Crippen MR) is 171 cm³/mol. The fourth-order valence-corrected chi connectivity index (χ4v) is 5.14. The maximum atomic E-state index is 16.5. The minimum Gasteiger partial charge on any atom is -0.496 e. The Hall–Kier alpha value is -5.58. The first-order chi connectivity index (χ1) is 22.2. The van der Waals surface area contributed by atoms with Crippen molar-refractivity contribution in [2.45, 2.75) is 33.7 Å². The summed E-state index contributed by atoms with van der Waals surface area (Å²) in [7, 11) is 2.86. The first-order valence-corrected chi connectivity index (χ1v) is 14.6. The maximum absolute atomic E-state index is 16.5. The van der Waals surface area contributed by atoms with Gasteiger partial charge in [0.1, 0.15) is 40.3 Å². The molecule has 6 aromatic rings. The molecule has 11 heteroatoms. The van der Waals surface area contributed by atoms with E-state index in [1.54, 1.807) is 44.4 Å². The van der Waals surface area contributed by atoms with Crippen LogP contribution in [0.3, 0.4) is 0 Å². The minimum absolute atomic E-state index is 0.0278. The number of oxazole rings is 1. The second-order valence-electron chi connectivity index (χ2n) is 10.2. The van der Waals surface area contributed by atoms with Gasteiger partial charge in [0.05, 0.1) is 29.8 Å². The standard InChI is InChI=1S/C33H26F2N4O5.C2H6/c1-16-13-26(42-4)22(31(40)38-17(2)33-39-23-15-37-12-11-24(23)44-33)14-21(16)20-9-10-25-27(29(20)35)28(32(41)36-3)30(43-25)18-5-7-19(34)8-6-18;1-2/h5-15,17H,1-4H3,(H,36,41)(H,38,40);1-2H3/t17-;/m0./s1. The number of aryl methyl sites for hydroxylation is 1. The molecule has 0 radical (unpaired) electrons. The Bertz CT molecular complexity index is 2040. The van der Waals surface area contributed by atoms with Crippen LogP contribution in [0.4, 0.5) is 8.78 Å². The lowest BCUT2D eigenvalue weighted by molar-refractivity contribution is 0.0929. The number of benzene rings is 3. The number of rotatable bonds is 7. The molecule has 0 spiro atoms. The average Bonchev–Trinajstić information content (AvgIpc) is 3.69. The Balaban J connectivity index is 0.00000204. The summed E-state index contributed by atoms with van der Waals surface area (Å²) in [6, 6.07) is 12.7. The van der Waals surface area contributed by atoms with E-state index in [4.69, 9.17) is 13.6 Å². The number of hydrogen-bond donors (Lipinski definition) is 2. The third-order valence-electron chi connectivity index (χ3n) is 7.36. The van der Waals surface area contributed by atoms with Crippen LogP contribution < -0.4 is 15.4 Å². The number of nitrogens with zero attached hydrogens (tertiary/aromatic N) is 2. The SMILES string of the molecule is CC.CNC(=O)c1c(-c2ccc(F)cc2)oc2ccc(-c3cc(C(=O)N[C@@H](C)c4nc5cnccc5o4)c(OC)cc3C)c(F)c12. The van der Waals surface area contributed by atoms with E-state index >= 15 is 4.39 Å². The normalized spacial score (nSPS) is 11.6. The molecule has 0 saturated carbocycles. The second-order valence-corrected chi connectivity index (χ2v) is 10.2. The smallest absolute Gasteiger partial charge is 0.255 e. The van der Waals surface area contributed by atoms with Crippen molar-refractivity contribution in [2.75, 3.05) is 14.2 Å². The number of hydrogen-bond acceptors (Lipinski definition) is 7. The quantitative estimate of drug-likeness (QED) is 0.186. The van der Waals surface area contributed by atoms with Gasteiger partial charge in [-0.15, -0.1) is 0 Å². The molecule has 6 rings (SSSR count). The van der Waals surface area contributed by atoms with Crippen LogP contribution in [-0.2, 0) is 0 Å². The third kappa shape index (κ3) is 5.79. The molecule has 0 aliphatic rings. The van der Waals surface area contributed by atoms with Gasteiger partial charge in [-0.3, -0.25) is 14.6 Å². The summed E-state index contributed by atoms with van der Waals surface area (Å²) in [4.78, 5) is 35.0. The zero-order valence-corrected chi connectivity index (χ0v) is 26.1. The maximum Gasteiger partial charge on any atom is 0.255 e. The van der Waals surface area contributed by atoms with Gasteiger partial charge in [-0.2, -0.15) is 0 Å². The highest BCUT2D eigenvalue weighted by Gasteiger charge is 2.27. The van der Waals surface area contributed by atoms with Crippen molar-refractivity contribution in [3.63, 3.8) is 0 Å². The van der Waals surface area contributed by atoms with Crippen LogP contribution in [-0.4, -0.2) is 35.9 Å². The highest BCUT2D eigenvalue weighted by Crippen LogP contribution is 2.40. The highest BCUT2D eigenvalue weighted by atomic mass is 19.1. The van der Waals surface area contributed by atoms with Crippen LogP contribution in [0.25, 0.3) is 44.5 Å². The van der Waals surface area contributed by atoms with Crippen LogP contribution in [0, 0.1) is 18.6 Å². The summed E-state index contributed by atoms with van der Waals surface area (Å²) >= 11 is 0. The van der Waals surface area contributed by atoms with E-state index in [1.165, 1.54) is 50.6 Å². The molecule has 3 aromatic carbocycles. The minimum atomic E-state index is -0.716. The Morgan fingerprint density at radius 3 is 2.35 bits per heavy atom. The number of fused-ring (bicyclic) bond motifs is 2. The summed E-state index contributed by atoms with van der Waals surface area (Å²) < 4.78 is 47.3. The van der Waals surface area contributed by atoms with Gasteiger partial charge in [-0.25, -0.2) is 13.8 Å². The first-order valence-electron chi connectivity index (χ1n) is 14.6. The van der Waals surface area contributed by atoms with Crippen molar-refractivity contribution in [3.05, 3.63) is 101 Å². The fraction of sp³-hybridized carbons (Fsp3) is 0.200. The first kappa shape index (κ1) is 31.8. The third-order valence-corrected chi connectivity index (χ3v) is 7.36. The molecular weight excluding hydrogens is 594 g/mol. The van der Waals surface area contributed by atoms with Crippen LogP contribution >= 0.6 is 0 Å². The molecule has 0 unspecified atom stereocenters. The summed E-state index contributed by atoms with van der Waals surface area (Å²) in [5.41, 5.74) is 2.94. The Kier molecular flexibility index (Phi) is 9.13. The van der Waals surface area contributed by atoms with Crippen molar-refractivity contribution in [1.82, 2.24) is 20.6 Å². The lowest BCUT2D eigenvalue weighted by Crippen LogP contribution is -2.27. The van der Waals surface area contributed by atoms with E-state index in [0.717, 1.165) is 0 Å². The number of methoxy groups -OCH3 is 1. The lowest BCUT2D eigenvalue weighted by atomic mass is 9.94. The van der Waals surface area contributed by atoms with E-state index in [0.29, 0.717) is 33.7 Å². The van der Waals surface area contributed by atoms with Gasteiger partial charge in [0.2, 0.25) is 5.89 Å². The molecule has 9 nitrogen and oxygen atoms in total. The molecule has 2 N–H and O–H groups in total. The molecule has 0 saturated heterocycles. The fourth-order valence-electron chi connectivity index (χ4n) is 5.14. The van der Waals surface area contributed by atoms with Gasteiger partial charge >= 0.3 is 0 Å². The lowest BCUT2D eigenvalue weighted by Gasteiger charge is -2.16. The van der Waals surface area contributed by atoms with E-state index in [9.17, 15) is 14.0 Å². The van der Waals surface area contributed by atoms with Crippen molar-refractivity contribution < 1.29 is 31.9 Å². The average molecular weight is 627 g/mol. The number of amides is 2. The number of carbonyl (C=O) groups excluding carboxylic acids is 2. The van der Waals surface area contributed by atoms with E-state index in [1.807, 2.05) is 13.8 Å². The molecule has 3 aromatic heterocycles. The number of carbonyl (C=O) groups is 2. The molecule has 2 amide bonds. The highest BCUT2D eigenvalue weighted by molar-refractivity contribution is 6.12. The van der Waals surface area contributed by atoms with Gasteiger partial charge in [0.15, 0.2) is 5.58 Å². The van der Waals surface area contributed by atoms with Crippen LogP contribution in [0.1, 0.15) is 59.0 Å². The van der Waals surface area contributed by atoms with Crippen molar-refractivity contribution in [1.29, 1.82) is 0 Å². The molecule has 0 aliphatic carbocycles. The second kappa shape index (κ2) is 13.2. The predicted octanol–water partition coefficient (Wildman–Crippen LogP) is 7.78. The van der Waals surface area contributed by atoms with Crippen LogP contribution in [0.5, 0.6) is 5.75 Å². The summed E-state index contributed by atoms with van der Waals surface area (Å²) in [5, 5.41) is 5.36. The summed E-state index contributed by atoms with van der Waals surface area (Å²) in [6.45, 7) is 7.49. The van der Waals surface area contributed by atoms with Crippen LogP contribution in [0.15, 0.2) is 75.8 Å². The van der Waals surface area contributed by atoms with Gasteiger partial charge in [-0.1, -0.05) is 13.8 Å². The number of halogens is 2. The van der Waals surface area contributed by atoms with Crippen LogP contribution in [0.2, 0.25) is 0 Å². The number of furan rings is 1. The van der Waals surface area contributed by atoms with E-state index in [2.05, 4.69) is 20.6 Å². The monoisotopic (exact) mass is 626 g/mol. The van der Waals surface area contributed by atoms with Gasteiger partial charge in [0.25, 0.3) is 11.8 Å². The molecular formula is C35H32F2N4O5. The molecule has 0 bridgehead atoms. The van der Waals surface area contributed by atoms with Crippen molar-refractivity contribution >= 4 is 33.9 Å². The Morgan fingerprint density at radius 1 is 0.935 bits per heavy atom. The molecule has 236 valence electrons. The topological polar surface area (TPSA) is 119 Å². The van der Waals surface area contributed by atoms with E-state index < -0.39 is 29.5 Å². The molecule has 46 heavy (non-hydrogen) atoms. The zero-order chi connectivity index (χ0) is 33.1. The van der Waals surface area contributed by atoms with Crippen molar-refractivity contribution in [3.8, 4) is 28.2 Å². The number of pyridine rings is 1. The molecule has 0 aliphatic heterocycles. The largest absolute Gasteiger partial charge is 0.496 e. The van der Waals surface area contributed by atoms with Gasteiger partial charge in [-0.05, 0) is 73.5 Å².